The van der Waals surface area contributed by atoms with Crippen molar-refractivity contribution in [3.63, 3.8) is 0 Å². The monoisotopic (exact) mass is 442 g/mol. The van der Waals surface area contributed by atoms with Crippen LogP contribution in [0.4, 0.5) is 8.78 Å². The minimum absolute atomic E-state index is 0.0773. The lowest BCUT2D eigenvalue weighted by molar-refractivity contribution is -0.139. The van der Waals surface area contributed by atoms with Crippen LogP contribution in [0.3, 0.4) is 0 Å². The van der Waals surface area contributed by atoms with Gasteiger partial charge >= 0.3 is 0 Å². The molecule has 2 aromatic heterocycles. The van der Waals surface area contributed by atoms with Gasteiger partial charge in [0, 0.05) is 38.8 Å². The van der Waals surface area contributed by atoms with E-state index >= 15 is 0 Å². The number of halogens is 2. The van der Waals surface area contributed by atoms with Crippen molar-refractivity contribution in [3.05, 3.63) is 54.5 Å². The quantitative estimate of drug-likeness (QED) is 0.650. The van der Waals surface area contributed by atoms with Crippen LogP contribution < -0.4 is 5.73 Å². The summed E-state index contributed by atoms with van der Waals surface area (Å²) in [6.07, 6.45) is 2.90. The second-order valence-corrected chi connectivity index (χ2v) is 8.20. The van der Waals surface area contributed by atoms with Crippen molar-refractivity contribution in [2.24, 2.45) is 5.73 Å². The molecule has 0 spiro atoms. The second kappa shape index (κ2) is 8.27. The van der Waals surface area contributed by atoms with Crippen molar-refractivity contribution in [1.82, 2.24) is 24.4 Å². The molecule has 32 heavy (non-hydrogen) atoms. The number of nitrogens with two attached hydrogens (primary N) is 1. The Morgan fingerprint density at radius 1 is 1.12 bits per heavy atom. The molecule has 168 valence electrons. The van der Waals surface area contributed by atoms with Gasteiger partial charge in [-0.05, 0) is 23.3 Å². The van der Waals surface area contributed by atoms with Crippen LogP contribution in [0.2, 0.25) is 0 Å². The van der Waals surface area contributed by atoms with Gasteiger partial charge in [0.2, 0.25) is 11.8 Å². The number of carbonyl (C=O) groups is 2. The zero-order valence-corrected chi connectivity index (χ0v) is 17.8. The van der Waals surface area contributed by atoms with Gasteiger partial charge in [-0.2, -0.15) is 5.10 Å². The maximum Gasteiger partial charge on any atom is 0.267 e. The number of aromatic nitrogens is 3. The molecule has 1 aliphatic heterocycles. The molecule has 0 saturated carbocycles. The fraction of sp³-hybridized carbons (Fsp3) is 0.364. The summed E-state index contributed by atoms with van der Waals surface area (Å²) < 4.78 is 28.8. The molecular formula is C22H24F2N6O2. The van der Waals surface area contributed by atoms with Gasteiger partial charge in [-0.25, -0.2) is 18.3 Å². The lowest BCUT2D eigenvalue weighted by atomic mass is 9.88. The van der Waals surface area contributed by atoms with Crippen molar-refractivity contribution >= 4 is 17.5 Å². The van der Waals surface area contributed by atoms with Crippen molar-refractivity contribution in [3.8, 4) is 11.1 Å². The number of pyridine rings is 1. The topological polar surface area (TPSA) is 96.8 Å². The number of carbonyl (C=O) groups excluding carboxylic acids is 2. The van der Waals surface area contributed by atoms with Gasteiger partial charge in [0.15, 0.2) is 5.65 Å². The predicted molar refractivity (Wildman–Crippen MR) is 114 cm³/mol. The van der Waals surface area contributed by atoms with E-state index in [0.29, 0.717) is 5.56 Å². The Balaban J connectivity index is 1.61. The molecule has 8 nitrogen and oxygen atoms in total. The lowest BCUT2D eigenvalue weighted by Gasteiger charge is -2.28. The molecule has 0 aliphatic carbocycles. The average Bonchev–Trinajstić information content (AvgIpc) is 3.38. The number of hydrogen-bond donors (Lipinski definition) is 1. The van der Waals surface area contributed by atoms with E-state index in [2.05, 4.69) is 10.1 Å². The van der Waals surface area contributed by atoms with Crippen LogP contribution in [0.5, 0.6) is 0 Å². The van der Waals surface area contributed by atoms with E-state index in [0.717, 1.165) is 21.7 Å². The summed E-state index contributed by atoms with van der Waals surface area (Å²) in [6.45, 7) is -0.752. The molecule has 3 heterocycles. The SMILES string of the molecule is CN(C)C(=O)[C@@H](c1ccc(-c2ccc3ncnn3c2)cc1)C(N)C(=O)N1CCC(F)(F)C1. The number of rotatable bonds is 5. The number of benzene rings is 1. The zero-order valence-electron chi connectivity index (χ0n) is 17.8. The summed E-state index contributed by atoms with van der Waals surface area (Å²) in [4.78, 5) is 32.3. The summed E-state index contributed by atoms with van der Waals surface area (Å²) in [5, 5.41) is 4.13. The first kappa shape index (κ1) is 21.8. The number of hydrogen-bond acceptors (Lipinski definition) is 5. The third-order valence-electron chi connectivity index (χ3n) is 5.71. The first-order valence-corrected chi connectivity index (χ1v) is 10.2. The first-order chi connectivity index (χ1) is 15.2. The van der Waals surface area contributed by atoms with Gasteiger partial charge in [-0.3, -0.25) is 9.59 Å². The van der Waals surface area contributed by atoms with Crippen LogP contribution in [-0.2, 0) is 9.59 Å². The Labute approximate surface area is 183 Å². The molecular weight excluding hydrogens is 418 g/mol. The molecule has 1 unspecified atom stereocenters. The van der Waals surface area contributed by atoms with E-state index in [4.69, 9.17) is 5.73 Å². The highest BCUT2D eigenvalue weighted by molar-refractivity contribution is 5.93. The van der Waals surface area contributed by atoms with Crippen LogP contribution >= 0.6 is 0 Å². The van der Waals surface area contributed by atoms with E-state index in [9.17, 15) is 18.4 Å². The van der Waals surface area contributed by atoms with Crippen LogP contribution in [0, 0.1) is 0 Å². The first-order valence-electron chi connectivity index (χ1n) is 10.2. The normalized spacial score (nSPS) is 17.3. The minimum atomic E-state index is -2.93. The summed E-state index contributed by atoms with van der Waals surface area (Å²) in [7, 11) is 3.14. The molecule has 1 aromatic carbocycles. The highest BCUT2D eigenvalue weighted by atomic mass is 19.3. The van der Waals surface area contributed by atoms with Gasteiger partial charge in [0.1, 0.15) is 12.4 Å². The van der Waals surface area contributed by atoms with Gasteiger partial charge < -0.3 is 15.5 Å². The number of alkyl halides is 2. The van der Waals surface area contributed by atoms with Crippen molar-refractivity contribution in [2.45, 2.75) is 24.3 Å². The average molecular weight is 442 g/mol. The van der Waals surface area contributed by atoms with Gasteiger partial charge in [0.25, 0.3) is 5.92 Å². The maximum atomic E-state index is 13.6. The van der Waals surface area contributed by atoms with E-state index in [1.165, 1.54) is 11.2 Å². The molecule has 2 atom stereocenters. The highest BCUT2D eigenvalue weighted by Crippen LogP contribution is 2.30. The molecule has 2 amide bonds. The number of fused-ring (bicyclic) bond motifs is 1. The third kappa shape index (κ3) is 4.18. The third-order valence-corrected chi connectivity index (χ3v) is 5.71. The summed E-state index contributed by atoms with van der Waals surface area (Å²) in [6, 6.07) is 9.60. The van der Waals surface area contributed by atoms with Gasteiger partial charge in [-0.1, -0.05) is 24.3 Å². The number of amides is 2. The predicted octanol–water partition coefficient (Wildman–Crippen LogP) is 1.76. The largest absolute Gasteiger partial charge is 0.348 e. The molecule has 2 N–H and O–H groups in total. The fourth-order valence-corrected chi connectivity index (χ4v) is 3.93. The van der Waals surface area contributed by atoms with Crippen LogP contribution in [0.1, 0.15) is 17.9 Å². The van der Waals surface area contributed by atoms with Crippen LogP contribution in [-0.4, -0.2) is 75.4 Å². The number of nitrogens with zero attached hydrogens (tertiary/aromatic N) is 5. The summed E-state index contributed by atoms with van der Waals surface area (Å²) >= 11 is 0. The van der Waals surface area contributed by atoms with Crippen molar-refractivity contribution in [2.75, 3.05) is 27.2 Å². The molecule has 1 fully saturated rings. The van der Waals surface area contributed by atoms with E-state index < -0.39 is 36.8 Å². The molecule has 0 bridgehead atoms. The summed E-state index contributed by atoms with van der Waals surface area (Å²) in [5.74, 6) is -4.93. The smallest absolute Gasteiger partial charge is 0.267 e. The maximum absolute atomic E-state index is 13.6. The fourth-order valence-electron chi connectivity index (χ4n) is 3.93. The zero-order chi connectivity index (χ0) is 23.0. The molecule has 0 radical (unpaired) electrons. The number of likely N-dealkylation sites (N-methyl/N-ethyl adjacent to an activating group) is 1. The van der Waals surface area contributed by atoms with Gasteiger partial charge in [-0.15, -0.1) is 0 Å². The van der Waals surface area contributed by atoms with Gasteiger partial charge in [0.05, 0.1) is 12.5 Å². The Bertz CT molecular complexity index is 1140. The Kier molecular flexibility index (Phi) is 5.64. The minimum Gasteiger partial charge on any atom is -0.348 e. The Morgan fingerprint density at radius 2 is 1.81 bits per heavy atom. The molecule has 1 aliphatic rings. The van der Waals surface area contributed by atoms with E-state index in [1.807, 2.05) is 30.5 Å². The summed E-state index contributed by atoms with van der Waals surface area (Å²) in [5.41, 5.74) is 9.23. The standard InChI is InChI=1S/C22H24F2N6O2/c1-28(2)20(31)18(19(25)21(32)29-10-9-22(23,24)12-29)15-5-3-14(4-6-15)16-7-8-17-26-13-27-30(17)11-16/h3-8,11,13,18-19H,9-10,12,25H2,1-2H3/t18-,19?/m0/s1. The van der Waals surface area contributed by atoms with Crippen LogP contribution in [0.15, 0.2) is 48.9 Å². The molecule has 1 saturated heterocycles. The Morgan fingerprint density at radius 3 is 2.44 bits per heavy atom. The lowest BCUT2D eigenvalue weighted by Crippen LogP contribution is -2.50. The molecule has 3 aromatic rings. The van der Waals surface area contributed by atoms with Crippen molar-refractivity contribution < 1.29 is 18.4 Å². The van der Waals surface area contributed by atoms with E-state index in [1.54, 1.807) is 30.7 Å². The molecule has 4 rings (SSSR count). The van der Waals surface area contributed by atoms with Crippen LogP contribution in [0.25, 0.3) is 16.8 Å². The highest BCUT2D eigenvalue weighted by Gasteiger charge is 2.44. The molecule has 10 heteroatoms. The second-order valence-electron chi connectivity index (χ2n) is 8.20. The Hall–Kier alpha value is -3.40. The number of likely N-dealkylation sites (tertiary alicyclic amines) is 1. The van der Waals surface area contributed by atoms with E-state index in [-0.39, 0.29) is 12.5 Å². The van der Waals surface area contributed by atoms with Crippen molar-refractivity contribution in [1.29, 1.82) is 0 Å².